The number of hydrogen-bond acceptors (Lipinski definition) is 4. The molecule has 19 heavy (non-hydrogen) atoms. The molecule has 2 fully saturated rings. The summed E-state index contributed by atoms with van der Waals surface area (Å²) >= 11 is 1.48. The molecule has 3 rings (SSSR count). The number of nitrogens with zero attached hydrogens (tertiary/aromatic N) is 2. The van der Waals surface area contributed by atoms with E-state index in [0.29, 0.717) is 22.7 Å². The highest BCUT2D eigenvalue weighted by Crippen LogP contribution is 2.43. The molecule has 0 aromatic carbocycles. The van der Waals surface area contributed by atoms with E-state index < -0.39 is 0 Å². The van der Waals surface area contributed by atoms with Crippen LogP contribution in [-0.2, 0) is 0 Å². The van der Waals surface area contributed by atoms with E-state index in [0.717, 1.165) is 12.3 Å². The molecule has 1 heterocycles. The van der Waals surface area contributed by atoms with Gasteiger partial charge >= 0.3 is 0 Å². The smallest absolute Gasteiger partial charge is 0.254 e. The van der Waals surface area contributed by atoms with Gasteiger partial charge in [0.25, 0.3) is 5.91 Å². The lowest BCUT2D eigenvalue weighted by Crippen LogP contribution is -2.37. The highest BCUT2D eigenvalue weighted by Gasteiger charge is 2.39. The molecule has 5 heteroatoms. The molecule has 2 aliphatic rings. The van der Waals surface area contributed by atoms with E-state index in [1.807, 2.05) is 6.26 Å². The van der Waals surface area contributed by atoms with Gasteiger partial charge < -0.3 is 5.32 Å². The summed E-state index contributed by atoms with van der Waals surface area (Å²) in [6.07, 6.45) is 11.5. The number of fused-ring (bicyclic) bond motifs is 1. The van der Waals surface area contributed by atoms with Crippen LogP contribution in [0.4, 0.5) is 0 Å². The van der Waals surface area contributed by atoms with Crippen molar-refractivity contribution in [3.8, 4) is 0 Å². The summed E-state index contributed by atoms with van der Waals surface area (Å²) in [4.78, 5) is 20.5. The normalized spacial score (nSPS) is 29.2. The minimum atomic E-state index is -0.0230. The fraction of sp³-hybridized carbons (Fsp3) is 0.643. The first-order valence-corrected chi connectivity index (χ1v) is 8.17. The Morgan fingerprint density at radius 1 is 1.26 bits per heavy atom. The minimum absolute atomic E-state index is 0.0230. The van der Waals surface area contributed by atoms with Gasteiger partial charge in [0.1, 0.15) is 0 Å². The standard InChI is InChI=1S/C14H19N3OS/c1-19-14-15-7-10(8-16-14)13(18)17-12-6-5-9-3-2-4-11(9)12/h7-9,11-12H,2-6H2,1H3,(H,17,18)/t9-,11-,12-/m1/s1. The van der Waals surface area contributed by atoms with Crippen LogP contribution in [0.1, 0.15) is 42.5 Å². The molecule has 0 bridgehead atoms. The molecule has 2 saturated carbocycles. The Hall–Kier alpha value is -1.10. The van der Waals surface area contributed by atoms with Crippen molar-refractivity contribution in [1.82, 2.24) is 15.3 Å². The van der Waals surface area contributed by atoms with Crippen LogP contribution >= 0.6 is 11.8 Å². The third-order valence-corrected chi connectivity index (χ3v) is 5.05. The van der Waals surface area contributed by atoms with Crippen LogP contribution in [-0.4, -0.2) is 28.2 Å². The van der Waals surface area contributed by atoms with E-state index in [4.69, 9.17) is 0 Å². The Morgan fingerprint density at radius 3 is 2.79 bits per heavy atom. The second kappa shape index (κ2) is 5.49. The van der Waals surface area contributed by atoms with Gasteiger partial charge in [-0.2, -0.15) is 0 Å². The van der Waals surface area contributed by atoms with Gasteiger partial charge in [0.15, 0.2) is 5.16 Å². The third kappa shape index (κ3) is 2.61. The second-order valence-corrected chi connectivity index (χ2v) is 6.24. The molecule has 1 aromatic heterocycles. The number of carbonyl (C=O) groups is 1. The average molecular weight is 277 g/mol. The van der Waals surface area contributed by atoms with Crippen LogP contribution in [0.2, 0.25) is 0 Å². The minimum Gasteiger partial charge on any atom is -0.349 e. The van der Waals surface area contributed by atoms with Crippen LogP contribution in [0, 0.1) is 11.8 Å². The average Bonchev–Trinajstić information content (AvgIpc) is 3.04. The zero-order chi connectivity index (χ0) is 13.2. The van der Waals surface area contributed by atoms with Crippen molar-refractivity contribution in [2.75, 3.05) is 6.26 Å². The maximum atomic E-state index is 12.2. The van der Waals surface area contributed by atoms with Crippen molar-refractivity contribution in [1.29, 1.82) is 0 Å². The summed E-state index contributed by atoms with van der Waals surface area (Å²) in [6.45, 7) is 0. The summed E-state index contributed by atoms with van der Waals surface area (Å²) in [5, 5.41) is 3.88. The van der Waals surface area contributed by atoms with Crippen LogP contribution in [0.5, 0.6) is 0 Å². The molecular weight excluding hydrogens is 258 g/mol. The van der Waals surface area contributed by atoms with E-state index in [9.17, 15) is 4.79 Å². The molecular formula is C14H19N3OS. The second-order valence-electron chi connectivity index (χ2n) is 5.47. The first-order valence-electron chi connectivity index (χ1n) is 6.95. The predicted molar refractivity (Wildman–Crippen MR) is 75.1 cm³/mol. The highest BCUT2D eigenvalue weighted by molar-refractivity contribution is 7.98. The lowest BCUT2D eigenvalue weighted by atomic mass is 9.97. The molecule has 2 aliphatic carbocycles. The lowest BCUT2D eigenvalue weighted by molar-refractivity contribution is 0.0925. The van der Waals surface area contributed by atoms with Gasteiger partial charge in [-0.05, 0) is 37.4 Å². The Bertz CT molecular complexity index is 462. The zero-order valence-corrected chi connectivity index (χ0v) is 11.9. The fourth-order valence-electron chi connectivity index (χ4n) is 3.53. The zero-order valence-electron chi connectivity index (χ0n) is 11.1. The van der Waals surface area contributed by atoms with E-state index in [2.05, 4.69) is 15.3 Å². The first kappa shape index (κ1) is 12.9. The summed E-state index contributed by atoms with van der Waals surface area (Å²) in [5.74, 6) is 1.53. The van der Waals surface area contributed by atoms with E-state index in [1.54, 1.807) is 12.4 Å². The molecule has 4 nitrogen and oxygen atoms in total. The van der Waals surface area contributed by atoms with Crippen molar-refractivity contribution < 1.29 is 4.79 Å². The van der Waals surface area contributed by atoms with Crippen molar-refractivity contribution in [3.63, 3.8) is 0 Å². The maximum Gasteiger partial charge on any atom is 0.254 e. The number of rotatable bonds is 3. The SMILES string of the molecule is CSc1ncc(C(=O)N[C@@H]2CC[C@H]3CCC[C@H]32)cn1. The van der Waals surface area contributed by atoms with Crippen LogP contribution in [0.25, 0.3) is 0 Å². The lowest BCUT2D eigenvalue weighted by Gasteiger charge is -2.19. The molecule has 0 radical (unpaired) electrons. The summed E-state index contributed by atoms with van der Waals surface area (Å²) in [7, 11) is 0. The highest BCUT2D eigenvalue weighted by atomic mass is 32.2. The topological polar surface area (TPSA) is 54.9 Å². The summed E-state index contributed by atoms with van der Waals surface area (Å²) in [6, 6.07) is 0.361. The van der Waals surface area contributed by atoms with Crippen molar-refractivity contribution in [2.24, 2.45) is 11.8 Å². The van der Waals surface area contributed by atoms with Crippen molar-refractivity contribution in [2.45, 2.75) is 43.3 Å². The molecule has 102 valence electrons. The van der Waals surface area contributed by atoms with Gasteiger partial charge in [-0.1, -0.05) is 24.6 Å². The predicted octanol–water partition coefficient (Wildman–Crippen LogP) is 2.51. The first-order chi connectivity index (χ1) is 9.28. The largest absolute Gasteiger partial charge is 0.349 e. The molecule has 1 N–H and O–H groups in total. The van der Waals surface area contributed by atoms with Gasteiger partial charge in [-0.25, -0.2) is 9.97 Å². The summed E-state index contributed by atoms with van der Waals surface area (Å²) in [5.41, 5.74) is 0.569. The molecule has 0 spiro atoms. The Labute approximate surface area is 117 Å². The molecule has 3 atom stereocenters. The Balaban J connectivity index is 1.64. The number of hydrogen-bond donors (Lipinski definition) is 1. The van der Waals surface area contributed by atoms with Gasteiger partial charge in [-0.3, -0.25) is 4.79 Å². The number of amides is 1. The number of nitrogens with one attached hydrogen (secondary N) is 1. The monoisotopic (exact) mass is 277 g/mol. The molecule has 0 aliphatic heterocycles. The maximum absolute atomic E-state index is 12.2. The van der Waals surface area contributed by atoms with Gasteiger partial charge in [-0.15, -0.1) is 0 Å². The van der Waals surface area contributed by atoms with E-state index in [-0.39, 0.29) is 5.91 Å². The molecule has 1 aromatic rings. The number of aromatic nitrogens is 2. The third-order valence-electron chi connectivity index (χ3n) is 4.47. The Kier molecular flexibility index (Phi) is 3.73. The molecule has 1 amide bonds. The number of thioether (sulfide) groups is 1. The summed E-state index contributed by atoms with van der Waals surface area (Å²) < 4.78 is 0. The van der Waals surface area contributed by atoms with E-state index in [1.165, 1.54) is 37.4 Å². The molecule has 0 unspecified atom stereocenters. The quantitative estimate of drug-likeness (QED) is 0.681. The number of carbonyl (C=O) groups excluding carboxylic acids is 1. The van der Waals surface area contributed by atoms with Gasteiger partial charge in [0.05, 0.1) is 5.56 Å². The van der Waals surface area contributed by atoms with Crippen LogP contribution in [0.3, 0.4) is 0 Å². The van der Waals surface area contributed by atoms with Gasteiger partial charge in [0.2, 0.25) is 0 Å². The fourth-order valence-corrected chi connectivity index (χ4v) is 3.85. The van der Waals surface area contributed by atoms with Gasteiger partial charge in [0, 0.05) is 18.4 Å². The van der Waals surface area contributed by atoms with Crippen LogP contribution < -0.4 is 5.32 Å². The van der Waals surface area contributed by atoms with E-state index >= 15 is 0 Å². The van der Waals surface area contributed by atoms with Crippen molar-refractivity contribution in [3.05, 3.63) is 18.0 Å². The van der Waals surface area contributed by atoms with Crippen LogP contribution in [0.15, 0.2) is 17.6 Å². The Morgan fingerprint density at radius 2 is 2.05 bits per heavy atom. The molecule has 0 saturated heterocycles. The van der Waals surface area contributed by atoms with Crippen molar-refractivity contribution >= 4 is 17.7 Å².